The SMILES string of the molecule is NC[C@H]1CCC[C@H]1C(=O)NCc1ccc(NC(=O)c2ccco2)cc1. The highest BCUT2D eigenvalue weighted by Crippen LogP contribution is 2.31. The van der Waals surface area contributed by atoms with Crippen LogP contribution in [0.4, 0.5) is 5.69 Å². The molecular formula is C19H23N3O3. The summed E-state index contributed by atoms with van der Waals surface area (Å²) in [6.07, 6.45) is 4.49. The van der Waals surface area contributed by atoms with E-state index in [9.17, 15) is 9.59 Å². The summed E-state index contributed by atoms with van der Waals surface area (Å²) in [6.45, 7) is 1.04. The summed E-state index contributed by atoms with van der Waals surface area (Å²) in [4.78, 5) is 24.2. The molecule has 1 heterocycles. The number of carbonyl (C=O) groups is 2. The predicted octanol–water partition coefficient (Wildman–Crippen LogP) is 2.52. The van der Waals surface area contributed by atoms with E-state index in [0.717, 1.165) is 24.8 Å². The van der Waals surface area contributed by atoms with Crippen molar-refractivity contribution in [2.45, 2.75) is 25.8 Å². The second-order valence-electron chi connectivity index (χ2n) is 6.38. The third-order valence-corrected chi connectivity index (χ3v) is 4.72. The number of carbonyl (C=O) groups excluding carboxylic acids is 2. The number of furan rings is 1. The van der Waals surface area contributed by atoms with E-state index in [1.165, 1.54) is 6.26 Å². The molecule has 2 aromatic rings. The van der Waals surface area contributed by atoms with Gasteiger partial charge in [0.1, 0.15) is 0 Å². The minimum atomic E-state index is -0.292. The highest BCUT2D eigenvalue weighted by atomic mass is 16.3. The van der Waals surface area contributed by atoms with Gasteiger partial charge < -0.3 is 20.8 Å². The summed E-state index contributed by atoms with van der Waals surface area (Å²) >= 11 is 0. The lowest BCUT2D eigenvalue weighted by Crippen LogP contribution is -2.34. The van der Waals surface area contributed by atoms with Gasteiger partial charge in [0.15, 0.2) is 5.76 Å². The zero-order chi connectivity index (χ0) is 17.6. The van der Waals surface area contributed by atoms with Gasteiger partial charge in [0.05, 0.1) is 6.26 Å². The Hall–Kier alpha value is -2.60. The predicted molar refractivity (Wildman–Crippen MR) is 94.8 cm³/mol. The maximum absolute atomic E-state index is 12.3. The second-order valence-corrected chi connectivity index (χ2v) is 6.38. The van der Waals surface area contributed by atoms with E-state index in [1.807, 2.05) is 12.1 Å². The maximum atomic E-state index is 12.3. The summed E-state index contributed by atoms with van der Waals surface area (Å²) in [5.74, 6) is 0.404. The number of hydrogen-bond acceptors (Lipinski definition) is 4. The molecule has 1 aromatic carbocycles. The fourth-order valence-corrected chi connectivity index (χ4v) is 3.29. The molecule has 6 nitrogen and oxygen atoms in total. The van der Waals surface area contributed by atoms with Crippen LogP contribution in [0.15, 0.2) is 47.1 Å². The van der Waals surface area contributed by atoms with Crippen molar-refractivity contribution in [1.29, 1.82) is 0 Å². The van der Waals surface area contributed by atoms with Crippen LogP contribution in [0.5, 0.6) is 0 Å². The molecule has 1 aliphatic carbocycles. The number of benzene rings is 1. The summed E-state index contributed by atoms with van der Waals surface area (Å²) in [5.41, 5.74) is 7.39. The molecule has 1 fully saturated rings. The van der Waals surface area contributed by atoms with E-state index in [-0.39, 0.29) is 23.5 Å². The lowest BCUT2D eigenvalue weighted by atomic mass is 9.95. The first-order chi connectivity index (χ1) is 12.2. The van der Waals surface area contributed by atoms with Gasteiger partial charge in [-0.25, -0.2) is 0 Å². The number of nitrogens with one attached hydrogen (secondary N) is 2. The third kappa shape index (κ3) is 4.28. The van der Waals surface area contributed by atoms with Crippen molar-refractivity contribution < 1.29 is 14.0 Å². The zero-order valence-electron chi connectivity index (χ0n) is 14.0. The summed E-state index contributed by atoms with van der Waals surface area (Å²) in [5, 5.41) is 5.75. The van der Waals surface area contributed by atoms with Crippen molar-refractivity contribution in [1.82, 2.24) is 5.32 Å². The molecule has 0 unspecified atom stereocenters. The Morgan fingerprint density at radius 1 is 1.16 bits per heavy atom. The van der Waals surface area contributed by atoms with Crippen LogP contribution in [0.2, 0.25) is 0 Å². The van der Waals surface area contributed by atoms with Crippen molar-refractivity contribution in [3.05, 3.63) is 54.0 Å². The number of hydrogen-bond donors (Lipinski definition) is 3. The van der Waals surface area contributed by atoms with E-state index in [0.29, 0.717) is 24.7 Å². The van der Waals surface area contributed by atoms with E-state index < -0.39 is 0 Å². The molecule has 3 rings (SSSR count). The molecule has 2 atom stereocenters. The van der Waals surface area contributed by atoms with Crippen LogP contribution in [0.1, 0.15) is 35.4 Å². The Kier molecular flexibility index (Phi) is 5.50. The van der Waals surface area contributed by atoms with Crippen molar-refractivity contribution >= 4 is 17.5 Å². The molecule has 0 spiro atoms. The summed E-state index contributed by atoms with van der Waals surface area (Å²) < 4.78 is 5.05. The highest BCUT2D eigenvalue weighted by Gasteiger charge is 2.31. The van der Waals surface area contributed by atoms with E-state index in [4.69, 9.17) is 10.2 Å². The molecule has 1 saturated carbocycles. The molecular weight excluding hydrogens is 318 g/mol. The van der Waals surface area contributed by atoms with Gasteiger partial charge in [-0.1, -0.05) is 18.6 Å². The Morgan fingerprint density at radius 2 is 1.96 bits per heavy atom. The van der Waals surface area contributed by atoms with Gasteiger partial charge in [-0.3, -0.25) is 9.59 Å². The standard InChI is InChI=1S/C19H23N3O3/c20-11-14-3-1-4-16(14)18(23)21-12-13-6-8-15(9-7-13)22-19(24)17-5-2-10-25-17/h2,5-10,14,16H,1,3-4,11-12,20H2,(H,21,23)(H,22,24)/t14-,16-/m1/s1. The molecule has 132 valence electrons. The Balaban J connectivity index is 1.51. The molecule has 0 radical (unpaired) electrons. The van der Waals surface area contributed by atoms with Gasteiger partial charge in [0, 0.05) is 18.2 Å². The molecule has 0 saturated heterocycles. The molecule has 2 amide bonds. The zero-order valence-corrected chi connectivity index (χ0v) is 14.0. The van der Waals surface area contributed by atoms with Crippen LogP contribution in [-0.4, -0.2) is 18.4 Å². The average Bonchev–Trinajstić information content (AvgIpc) is 3.32. The molecule has 0 bridgehead atoms. The number of rotatable bonds is 6. The second kappa shape index (κ2) is 7.98. The van der Waals surface area contributed by atoms with Crippen molar-refractivity contribution in [2.75, 3.05) is 11.9 Å². The van der Waals surface area contributed by atoms with Gasteiger partial charge in [-0.15, -0.1) is 0 Å². The summed E-state index contributed by atoms with van der Waals surface area (Å²) in [7, 11) is 0. The fraction of sp³-hybridized carbons (Fsp3) is 0.368. The highest BCUT2D eigenvalue weighted by molar-refractivity contribution is 6.02. The fourth-order valence-electron chi connectivity index (χ4n) is 3.29. The maximum Gasteiger partial charge on any atom is 0.291 e. The first-order valence-electron chi connectivity index (χ1n) is 8.59. The monoisotopic (exact) mass is 341 g/mol. The number of nitrogens with two attached hydrogens (primary N) is 1. The first kappa shape index (κ1) is 17.2. The lowest BCUT2D eigenvalue weighted by molar-refractivity contribution is -0.126. The van der Waals surface area contributed by atoms with Crippen LogP contribution in [0.3, 0.4) is 0 Å². The van der Waals surface area contributed by atoms with Crippen LogP contribution in [-0.2, 0) is 11.3 Å². The van der Waals surface area contributed by atoms with Crippen LogP contribution in [0, 0.1) is 11.8 Å². The van der Waals surface area contributed by atoms with Crippen molar-refractivity contribution in [3.63, 3.8) is 0 Å². The topological polar surface area (TPSA) is 97.4 Å². The normalized spacial score (nSPS) is 19.6. The molecule has 0 aliphatic heterocycles. The van der Waals surface area contributed by atoms with Gasteiger partial charge in [0.2, 0.25) is 5.91 Å². The number of amides is 2. The van der Waals surface area contributed by atoms with Crippen molar-refractivity contribution in [3.8, 4) is 0 Å². The van der Waals surface area contributed by atoms with Gasteiger partial charge in [-0.2, -0.15) is 0 Å². The first-order valence-corrected chi connectivity index (χ1v) is 8.59. The summed E-state index contributed by atoms with van der Waals surface area (Å²) in [6, 6.07) is 10.7. The largest absolute Gasteiger partial charge is 0.459 e. The minimum Gasteiger partial charge on any atom is -0.459 e. The average molecular weight is 341 g/mol. The van der Waals surface area contributed by atoms with Gasteiger partial charge in [0.25, 0.3) is 5.91 Å². The van der Waals surface area contributed by atoms with Crippen LogP contribution < -0.4 is 16.4 Å². The Morgan fingerprint density at radius 3 is 2.64 bits per heavy atom. The smallest absolute Gasteiger partial charge is 0.291 e. The van der Waals surface area contributed by atoms with E-state index in [2.05, 4.69) is 10.6 Å². The molecule has 6 heteroatoms. The van der Waals surface area contributed by atoms with Gasteiger partial charge >= 0.3 is 0 Å². The molecule has 1 aromatic heterocycles. The Bertz CT molecular complexity index is 710. The third-order valence-electron chi connectivity index (χ3n) is 4.72. The van der Waals surface area contributed by atoms with Crippen LogP contribution in [0.25, 0.3) is 0 Å². The number of anilines is 1. The quantitative estimate of drug-likeness (QED) is 0.752. The van der Waals surface area contributed by atoms with Gasteiger partial charge in [-0.05, 0) is 55.1 Å². The lowest BCUT2D eigenvalue weighted by Gasteiger charge is -2.17. The minimum absolute atomic E-state index is 0.0388. The van der Waals surface area contributed by atoms with Crippen LogP contribution >= 0.6 is 0 Å². The van der Waals surface area contributed by atoms with Crippen molar-refractivity contribution in [2.24, 2.45) is 17.6 Å². The van der Waals surface area contributed by atoms with E-state index in [1.54, 1.807) is 24.3 Å². The molecule has 25 heavy (non-hydrogen) atoms. The molecule has 1 aliphatic rings. The van der Waals surface area contributed by atoms with E-state index >= 15 is 0 Å². The molecule has 4 N–H and O–H groups in total. The Labute approximate surface area is 146 Å².